The van der Waals surface area contributed by atoms with Crippen LogP contribution < -0.4 is 26.0 Å². The molecule has 1 saturated carbocycles. The number of anilines is 1. The van der Waals surface area contributed by atoms with Gasteiger partial charge in [-0.25, -0.2) is 4.98 Å². The number of aromatic nitrogens is 2. The van der Waals surface area contributed by atoms with Crippen LogP contribution in [0, 0.1) is 5.41 Å². The lowest BCUT2D eigenvalue weighted by molar-refractivity contribution is -0.144. The fraction of sp³-hybridized carbons (Fsp3) is 0.550. The smallest absolute Gasteiger partial charge is 0.296 e. The number of carbonyl (C=O) groups excluding carboxylic acids is 4. The third-order valence-electron chi connectivity index (χ3n) is 10.3. The maximum Gasteiger partial charge on any atom is 0.296 e. The first kappa shape index (κ1) is 40.0. The van der Waals surface area contributed by atoms with E-state index >= 15 is 0 Å². The number of oxazole rings is 1. The SMILES string of the molecule is CCCC(NC(=O)[C@@H]1C[C@@H](Oc2ccc(Cl)cn2)CN1C(=O)[C@@H](NC(=O)[C@@H](Nc1nc2ccccc2o1)C1=CCCCC1)C(C)(C)C)C(O)C(=O)NC1CC1. The number of aliphatic hydroxyl groups is 1. The van der Waals surface area contributed by atoms with Crippen LogP contribution in [0.3, 0.4) is 0 Å². The van der Waals surface area contributed by atoms with Crippen LogP contribution in [0.5, 0.6) is 5.88 Å². The zero-order valence-corrected chi connectivity index (χ0v) is 32.6. The first-order chi connectivity index (χ1) is 26.3. The molecule has 0 spiro atoms. The number of likely N-dealkylation sites (tertiary alicyclic amines) is 1. The topological polar surface area (TPSA) is 188 Å². The third kappa shape index (κ3) is 10.1. The third-order valence-corrected chi connectivity index (χ3v) is 10.5. The summed E-state index contributed by atoms with van der Waals surface area (Å²) >= 11 is 6.04. The van der Waals surface area contributed by atoms with Crippen molar-refractivity contribution >= 4 is 52.3 Å². The van der Waals surface area contributed by atoms with Gasteiger partial charge in [0.25, 0.3) is 11.9 Å². The van der Waals surface area contributed by atoms with Crippen LogP contribution in [0.25, 0.3) is 11.1 Å². The van der Waals surface area contributed by atoms with E-state index in [4.69, 9.17) is 20.8 Å². The number of hydrogen-bond donors (Lipinski definition) is 5. The molecular formula is C40H52ClN7O7. The largest absolute Gasteiger partial charge is 0.472 e. The average Bonchev–Trinajstić information content (AvgIpc) is 3.72. The van der Waals surface area contributed by atoms with Gasteiger partial charge in [-0.05, 0) is 74.1 Å². The maximum atomic E-state index is 14.8. The van der Waals surface area contributed by atoms with Gasteiger partial charge < -0.3 is 40.4 Å². The minimum Gasteiger partial charge on any atom is -0.472 e. The fourth-order valence-electron chi connectivity index (χ4n) is 7.12. The van der Waals surface area contributed by atoms with Crippen molar-refractivity contribution in [2.24, 2.45) is 5.41 Å². The highest BCUT2D eigenvalue weighted by atomic mass is 35.5. The van der Waals surface area contributed by atoms with E-state index in [1.54, 1.807) is 18.2 Å². The predicted molar refractivity (Wildman–Crippen MR) is 207 cm³/mol. The number of nitrogens with zero attached hydrogens (tertiary/aromatic N) is 3. The van der Waals surface area contributed by atoms with Gasteiger partial charge in [0.15, 0.2) is 11.7 Å². The highest BCUT2D eigenvalue weighted by Gasteiger charge is 2.47. The van der Waals surface area contributed by atoms with Crippen LogP contribution in [0.4, 0.5) is 6.01 Å². The quantitative estimate of drug-likeness (QED) is 0.136. The monoisotopic (exact) mass is 777 g/mol. The lowest BCUT2D eigenvalue weighted by Gasteiger charge is -2.36. The zero-order chi connectivity index (χ0) is 39.3. The molecule has 15 heteroatoms. The number of amides is 4. The molecule has 6 atom stereocenters. The highest BCUT2D eigenvalue weighted by molar-refractivity contribution is 6.30. The standard InChI is InChI=1S/C40H52ClN7O7/c1-5-11-28(33(49)37(52)43-25-17-18-25)44-35(50)29-20-26(54-31-19-16-24(41)21-42-31)22-48(29)38(53)34(40(2,3)4)47-36(51)32(23-12-7-6-8-13-23)46-39-45-27-14-9-10-15-30(27)55-39/h9-10,12,14-16,19,21,25-26,28-29,32-34,49H,5-8,11,13,17-18,20,22H2,1-4H3,(H,43,52)(H,44,50)(H,45,46)(H,47,51)/t26-,28?,29+,32+,33?,34-/m1/s1. The Morgan fingerprint density at radius 3 is 2.51 bits per heavy atom. The molecular weight excluding hydrogens is 726 g/mol. The average molecular weight is 778 g/mol. The van der Waals surface area contributed by atoms with Gasteiger partial charge in [-0.15, -0.1) is 0 Å². The van der Waals surface area contributed by atoms with Crippen LogP contribution >= 0.6 is 11.6 Å². The van der Waals surface area contributed by atoms with Crippen LogP contribution in [0.1, 0.15) is 85.5 Å². The van der Waals surface area contributed by atoms with E-state index in [1.807, 2.05) is 45.9 Å². The van der Waals surface area contributed by atoms with Crippen molar-refractivity contribution in [2.75, 3.05) is 11.9 Å². The Morgan fingerprint density at radius 2 is 1.85 bits per heavy atom. The van der Waals surface area contributed by atoms with Gasteiger partial charge in [0, 0.05) is 24.7 Å². The number of carbonyl (C=O) groups is 4. The Kier molecular flexibility index (Phi) is 12.7. The van der Waals surface area contributed by atoms with E-state index in [-0.39, 0.29) is 30.9 Å². The normalized spacial score (nSPS) is 20.8. The molecule has 2 aromatic heterocycles. The van der Waals surface area contributed by atoms with Crippen molar-refractivity contribution in [3.63, 3.8) is 0 Å². The predicted octanol–water partition coefficient (Wildman–Crippen LogP) is 4.66. The first-order valence-corrected chi connectivity index (χ1v) is 19.7. The lowest BCUT2D eigenvalue weighted by Crippen LogP contribution is -2.60. The molecule has 1 saturated heterocycles. The molecule has 2 fully saturated rings. The van der Waals surface area contributed by atoms with E-state index < -0.39 is 65.4 Å². The molecule has 1 aliphatic heterocycles. The second-order valence-electron chi connectivity index (χ2n) is 15.8. The zero-order valence-electron chi connectivity index (χ0n) is 31.8. The van der Waals surface area contributed by atoms with E-state index in [2.05, 4.69) is 37.3 Å². The lowest BCUT2D eigenvalue weighted by atomic mass is 9.85. The molecule has 2 unspecified atom stereocenters. The first-order valence-electron chi connectivity index (χ1n) is 19.3. The summed E-state index contributed by atoms with van der Waals surface area (Å²) in [5.74, 6) is -1.72. The van der Waals surface area contributed by atoms with Gasteiger partial charge in [0.1, 0.15) is 29.7 Å². The summed E-state index contributed by atoms with van der Waals surface area (Å²) in [6, 6.07) is 6.92. The second kappa shape index (κ2) is 17.4. The minimum absolute atomic E-state index is 0.0164. The molecule has 1 aromatic carbocycles. The van der Waals surface area contributed by atoms with E-state index in [9.17, 15) is 24.3 Å². The van der Waals surface area contributed by atoms with Crippen molar-refractivity contribution in [3.8, 4) is 5.88 Å². The second-order valence-corrected chi connectivity index (χ2v) is 16.3. The summed E-state index contributed by atoms with van der Waals surface area (Å²) in [5, 5.41) is 23.3. The minimum atomic E-state index is -1.47. The molecule has 55 heavy (non-hydrogen) atoms. The van der Waals surface area contributed by atoms with Crippen molar-refractivity contribution in [1.29, 1.82) is 0 Å². The number of hydrogen-bond acceptors (Lipinski definition) is 10. The van der Waals surface area contributed by atoms with Crippen LogP contribution in [-0.2, 0) is 19.2 Å². The molecule has 3 aliphatic rings. The Balaban J connectivity index is 1.25. The number of halogens is 1. The molecule has 0 bridgehead atoms. The van der Waals surface area contributed by atoms with E-state index in [0.717, 1.165) is 37.7 Å². The van der Waals surface area contributed by atoms with E-state index in [0.29, 0.717) is 35.4 Å². The fourth-order valence-corrected chi connectivity index (χ4v) is 7.23. The van der Waals surface area contributed by atoms with Crippen molar-refractivity contribution in [1.82, 2.24) is 30.8 Å². The number of nitrogens with one attached hydrogen (secondary N) is 4. The Bertz CT molecular complexity index is 1840. The summed E-state index contributed by atoms with van der Waals surface area (Å²) in [6.07, 6.45) is 7.55. The number of pyridine rings is 1. The molecule has 3 heterocycles. The highest BCUT2D eigenvalue weighted by Crippen LogP contribution is 2.30. The van der Waals surface area contributed by atoms with Crippen molar-refractivity contribution in [2.45, 2.75) is 128 Å². The summed E-state index contributed by atoms with van der Waals surface area (Å²) in [6.45, 7) is 7.46. The summed E-state index contributed by atoms with van der Waals surface area (Å²) in [4.78, 5) is 66.4. The van der Waals surface area contributed by atoms with Gasteiger partial charge in [-0.3, -0.25) is 19.2 Å². The number of ether oxygens (including phenoxy) is 1. The van der Waals surface area contributed by atoms with Crippen LogP contribution in [-0.4, -0.2) is 92.6 Å². The molecule has 5 N–H and O–H groups in total. The molecule has 6 rings (SSSR count). The molecule has 2 aliphatic carbocycles. The number of fused-ring (bicyclic) bond motifs is 1. The molecule has 296 valence electrons. The van der Waals surface area contributed by atoms with Crippen LogP contribution in [0.2, 0.25) is 5.02 Å². The number of allylic oxidation sites excluding steroid dienone is 1. The number of benzene rings is 1. The molecule has 14 nitrogen and oxygen atoms in total. The summed E-state index contributed by atoms with van der Waals surface area (Å²) in [7, 11) is 0. The summed E-state index contributed by atoms with van der Waals surface area (Å²) in [5.41, 5.74) is 1.30. The number of aliphatic hydroxyl groups excluding tert-OH is 1. The Labute approximate surface area is 326 Å². The van der Waals surface area contributed by atoms with Gasteiger partial charge in [0.2, 0.25) is 23.6 Å². The van der Waals surface area contributed by atoms with Crippen molar-refractivity contribution < 1.29 is 33.4 Å². The number of rotatable bonds is 15. The maximum absolute atomic E-state index is 14.8. The molecule has 4 amide bonds. The molecule has 0 radical (unpaired) electrons. The Hall–Kier alpha value is -4.69. The van der Waals surface area contributed by atoms with Gasteiger partial charge in [0.05, 0.1) is 17.6 Å². The van der Waals surface area contributed by atoms with Gasteiger partial charge >= 0.3 is 0 Å². The van der Waals surface area contributed by atoms with Gasteiger partial charge in [-0.1, -0.05) is 63.9 Å². The summed E-state index contributed by atoms with van der Waals surface area (Å²) < 4.78 is 12.1. The van der Waals surface area contributed by atoms with Gasteiger partial charge in [-0.2, -0.15) is 4.98 Å². The van der Waals surface area contributed by atoms with E-state index in [1.165, 1.54) is 11.1 Å². The van der Waals surface area contributed by atoms with Crippen LogP contribution in [0.15, 0.2) is 58.7 Å². The number of para-hydroxylation sites is 2. The Morgan fingerprint density at radius 1 is 1.07 bits per heavy atom. The van der Waals surface area contributed by atoms with Crippen molar-refractivity contribution in [3.05, 3.63) is 59.3 Å². The molecule has 3 aromatic rings.